The van der Waals surface area contributed by atoms with Crippen molar-refractivity contribution in [3.05, 3.63) is 0 Å². The van der Waals surface area contributed by atoms with Crippen molar-refractivity contribution in [2.24, 2.45) is 0 Å². The van der Waals surface area contributed by atoms with Crippen molar-refractivity contribution in [2.75, 3.05) is 52.7 Å². The lowest BCUT2D eigenvalue weighted by molar-refractivity contribution is -0.145. The van der Waals surface area contributed by atoms with Crippen molar-refractivity contribution in [1.82, 2.24) is 5.32 Å². The Morgan fingerprint density at radius 3 is 2.11 bits per heavy atom. The van der Waals surface area contributed by atoms with Crippen LogP contribution >= 0.6 is 0 Å². The van der Waals surface area contributed by atoms with Gasteiger partial charge in [-0.25, -0.2) is 0 Å². The minimum atomic E-state index is -0.113. The molecular formula is C21H41NO5. The van der Waals surface area contributed by atoms with Crippen molar-refractivity contribution in [3.8, 4) is 0 Å². The zero-order chi connectivity index (χ0) is 19.4. The van der Waals surface area contributed by atoms with Crippen LogP contribution in [0.15, 0.2) is 0 Å². The van der Waals surface area contributed by atoms with E-state index in [-0.39, 0.29) is 5.97 Å². The highest BCUT2D eigenvalue weighted by Gasteiger charge is 2.12. The standard InChI is InChI=1S/C21H41NO5/c1-2-3-4-5-6-7-8-9-21(23)27-19-17-25-15-14-24-16-18-26-20-10-12-22-13-11-20/h20,22H,2-19H2,1H3. The summed E-state index contributed by atoms with van der Waals surface area (Å²) in [5.41, 5.74) is 0. The molecule has 0 aliphatic carbocycles. The largest absolute Gasteiger partial charge is 0.463 e. The Bertz CT molecular complexity index is 335. The van der Waals surface area contributed by atoms with Gasteiger partial charge in [0.15, 0.2) is 0 Å². The van der Waals surface area contributed by atoms with E-state index in [1.807, 2.05) is 0 Å². The van der Waals surface area contributed by atoms with Crippen LogP contribution < -0.4 is 5.32 Å². The molecule has 1 saturated heterocycles. The highest BCUT2D eigenvalue weighted by Crippen LogP contribution is 2.09. The molecule has 0 aromatic carbocycles. The highest BCUT2D eigenvalue weighted by atomic mass is 16.6. The van der Waals surface area contributed by atoms with Crippen LogP contribution in [-0.2, 0) is 23.7 Å². The zero-order valence-corrected chi connectivity index (χ0v) is 17.3. The first-order valence-electron chi connectivity index (χ1n) is 11.0. The smallest absolute Gasteiger partial charge is 0.305 e. The molecule has 1 aliphatic heterocycles. The summed E-state index contributed by atoms with van der Waals surface area (Å²) in [6, 6.07) is 0. The van der Waals surface area contributed by atoms with Gasteiger partial charge in [0.25, 0.3) is 0 Å². The fourth-order valence-corrected chi connectivity index (χ4v) is 3.07. The Labute approximate surface area is 165 Å². The molecule has 0 spiro atoms. The number of nitrogens with one attached hydrogen (secondary N) is 1. The fraction of sp³-hybridized carbons (Fsp3) is 0.952. The third kappa shape index (κ3) is 16.0. The number of piperidine rings is 1. The molecule has 1 rings (SSSR count). The van der Waals surface area contributed by atoms with E-state index in [0.717, 1.165) is 38.8 Å². The van der Waals surface area contributed by atoms with E-state index in [1.54, 1.807) is 0 Å². The van der Waals surface area contributed by atoms with Crippen molar-refractivity contribution in [2.45, 2.75) is 77.2 Å². The van der Waals surface area contributed by atoms with Gasteiger partial charge in [0.05, 0.1) is 39.1 Å². The summed E-state index contributed by atoms with van der Waals surface area (Å²) < 4.78 is 21.8. The number of hydrogen-bond acceptors (Lipinski definition) is 6. The van der Waals surface area contributed by atoms with Crippen LogP contribution in [-0.4, -0.2) is 64.8 Å². The molecule has 6 heteroatoms. The van der Waals surface area contributed by atoms with Crippen LogP contribution in [0.4, 0.5) is 0 Å². The summed E-state index contributed by atoms with van der Waals surface area (Å²) in [5.74, 6) is -0.113. The molecule has 0 amide bonds. The fourth-order valence-electron chi connectivity index (χ4n) is 3.07. The van der Waals surface area contributed by atoms with E-state index < -0.39 is 0 Å². The van der Waals surface area contributed by atoms with Gasteiger partial charge in [0.2, 0.25) is 0 Å². The average molecular weight is 388 g/mol. The lowest BCUT2D eigenvalue weighted by atomic mass is 10.1. The number of rotatable bonds is 18. The van der Waals surface area contributed by atoms with Gasteiger partial charge in [-0.1, -0.05) is 45.4 Å². The van der Waals surface area contributed by atoms with Gasteiger partial charge in [-0.2, -0.15) is 0 Å². The molecule has 0 bridgehead atoms. The average Bonchev–Trinajstić information content (AvgIpc) is 2.69. The first kappa shape index (κ1) is 24.3. The molecule has 0 aromatic heterocycles. The van der Waals surface area contributed by atoms with Crippen molar-refractivity contribution in [1.29, 1.82) is 0 Å². The molecule has 0 unspecified atom stereocenters. The van der Waals surface area contributed by atoms with Gasteiger partial charge in [-0.3, -0.25) is 4.79 Å². The second kappa shape index (κ2) is 18.7. The number of hydrogen-bond donors (Lipinski definition) is 1. The van der Waals surface area contributed by atoms with Crippen LogP contribution in [0.3, 0.4) is 0 Å². The summed E-state index contributed by atoms with van der Waals surface area (Å²) in [7, 11) is 0. The van der Waals surface area contributed by atoms with Crippen molar-refractivity contribution in [3.63, 3.8) is 0 Å². The predicted molar refractivity (Wildman–Crippen MR) is 107 cm³/mol. The van der Waals surface area contributed by atoms with E-state index in [9.17, 15) is 4.79 Å². The van der Waals surface area contributed by atoms with Crippen LogP contribution in [0, 0.1) is 0 Å². The van der Waals surface area contributed by atoms with Crippen molar-refractivity contribution < 1.29 is 23.7 Å². The molecule has 0 aromatic rings. The van der Waals surface area contributed by atoms with E-state index in [0.29, 0.717) is 52.2 Å². The second-order valence-electron chi connectivity index (χ2n) is 7.14. The molecule has 1 N–H and O–H groups in total. The lowest BCUT2D eigenvalue weighted by Crippen LogP contribution is -2.33. The zero-order valence-electron chi connectivity index (χ0n) is 17.3. The first-order valence-corrected chi connectivity index (χ1v) is 11.0. The van der Waals surface area contributed by atoms with Gasteiger partial charge in [-0.15, -0.1) is 0 Å². The van der Waals surface area contributed by atoms with Crippen LogP contribution in [0.5, 0.6) is 0 Å². The minimum Gasteiger partial charge on any atom is -0.463 e. The third-order valence-corrected chi connectivity index (χ3v) is 4.71. The van der Waals surface area contributed by atoms with E-state index in [2.05, 4.69) is 12.2 Å². The topological polar surface area (TPSA) is 66.0 Å². The Morgan fingerprint density at radius 2 is 1.41 bits per heavy atom. The first-order chi connectivity index (χ1) is 13.3. The molecular weight excluding hydrogens is 346 g/mol. The molecule has 1 fully saturated rings. The third-order valence-electron chi connectivity index (χ3n) is 4.71. The maximum Gasteiger partial charge on any atom is 0.305 e. The molecule has 0 atom stereocenters. The van der Waals surface area contributed by atoms with Crippen LogP contribution in [0.25, 0.3) is 0 Å². The Kier molecular flexibility index (Phi) is 16.8. The SMILES string of the molecule is CCCCCCCCCC(=O)OCCOCCOCCOC1CCNCC1. The molecule has 0 radical (unpaired) electrons. The van der Waals surface area contributed by atoms with Gasteiger partial charge in [0, 0.05) is 6.42 Å². The number of carbonyl (C=O) groups excluding carboxylic acids is 1. The van der Waals surface area contributed by atoms with E-state index >= 15 is 0 Å². The maximum absolute atomic E-state index is 11.6. The van der Waals surface area contributed by atoms with Crippen LogP contribution in [0.2, 0.25) is 0 Å². The summed E-state index contributed by atoms with van der Waals surface area (Å²) in [6.07, 6.45) is 11.5. The lowest BCUT2D eigenvalue weighted by Gasteiger charge is -2.22. The monoisotopic (exact) mass is 387 g/mol. The minimum absolute atomic E-state index is 0.113. The van der Waals surface area contributed by atoms with Gasteiger partial charge >= 0.3 is 5.97 Å². The molecule has 1 heterocycles. The maximum atomic E-state index is 11.6. The number of carbonyl (C=O) groups is 1. The van der Waals surface area contributed by atoms with Gasteiger partial charge in [-0.05, 0) is 32.4 Å². The van der Waals surface area contributed by atoms with Gasteiger partial charge < -0.3 is 24.3 Å². The molecule has 27 heavy (non-hydrogen) atoms. The Hall–Kier alpha value is -0.690. The highest BCUT2D eigenvalue weighted by molar-refractivity contribution is 5.69. The second-order valence-corrected chi connectivity index (χ2v) is 7.14. The van der Waals surface area contributed by atoms with E-state index in [4.69, 9.17) is 18.9 Å². The Morgan fingerprint density at radius 1 is 0.815 bits per heavy atom. The molecule has 1 aliphatic rings. The normalized spacial score (nSPS) is 15.1. The Balaban J connectivity index is 1.73. The number of esters is 1. The summed E-state index contributed by atoms with van der Waals surface area (Å²) >= 11 is 0. The summed E-state index contributed by atoms with van der Waals surface area (Å²) in [5, 5.41) is 3.32. The number of ether oxygens (including phenoxy) is 4. The van der Waals surface area contributed by atoms with Crippen molar-refractivity contribution >= 4 is 5.97 Å². The molecule has 6 nitrogen and oxygen atoms in total. The van der Waals surface area contributed by atoms with Crippen LogP contribution in [0.1, 0.15) is 71.1 Å². The van der Waals surface area contributed by atoms with E-state index in [1.165, 1.54) is 32.1 Å². The van der Waals surface area contributed by atoms with Gasteiger partial charge in [0.1, 0.15) is 6.61 Å². The molecule has 0 saturated carbocycles. The molecule has 160 valence electrons. The summed E-state index contributed by atoms with van der Waals surface area (Å²) in [6.45, 7) is 7.36. The number of unbranched alkanes of at least 4 members (excludes halogenated alkanes) is 6. The summed E-state index contributed by atoms with van der Waals surface area (Å²) in [4.78, 5) is 11.6. The quantitative estimate of drug-likeness (QED) is 0.287. The predicted octanol–water partition coefficient (Wildman–Crippen LogP) is 3.47.